The van der Waals surface area contributed by atoms with Crippen LogP contribution in [-0.4, -0.2) is 10.9 Å². The highest BCUT2D eigenvalue weighted by Crippen LogP contribution is 2.20. The third-order valence-electron chi connectivity index (χ3n) is 2.54. The molecule has 0 bridgehead atoms. The topological polar surface area (TPSA) is 42.0 Å². The minimum absolute atomic E-state index is 0.169. The van der Waals surface area contributed by atoms with Gasteiger partial charge >= 0.3 is 0 Å². The van der Waals surface area contributed by atoms with Crippen molar-refractivity contribution in [2.75, 3.05) is 5.32 Å². The van der Waals surface area contributed by atoms with Crippen LogP contribution in [0.25, 0.3) is 0 Å². The summed E-state index contributed by atoms with van der Waals surface area (Å²) in [6.45, 7) is 1.87. The number of anilines is 1. The molecule has 1 amide bonds. The van der Waals surface area contributed by atoms with E-state index in [0.717, 1.165) is 11.3 Å². The van der Waals surface area contributed by atoms with Crippen LogP contribution in [-0.2, 0) is 11.2 Å². The maximum absolute atomic E-state index is 12.7. The Morgan fingerprint density at radius 1 is 1.26 bits per heavy atom. The van der Waals surface area contributed by atoms with Crippen molar-refractivity contribution in [3.8, 4) is 0 Å². The summed E-state index contributed by atoms with van der Waals surface area (Å²) < 4.78 is 13.3. The number of amides is 1. The summed E-state index contributed by atoms with van der Waals surface area (Å²) in [5.74, 6) is -0.479. The normalized spacial score (nSPS) is 10.3. The molecule has 0 spiro atoms. The van der Waals surface area contributed by atoms with Gasteiger partial charge in [0.1, 0.15) is 10.4 Å². The van der Waals surface area contributed by atoms with Gasteiger partial charge in [-0.25, -0.2) is 9.37 Å². The SMILES string of the molecule is Cc1ccc(NC(=O)Cc2ccc(F)cc2)c(Br)n1. The zero-order valence-corrected chi connectivity index (χ0v) is 11.9. The summed E-state index contributed by atoms with van der Waals surface area (Å²) in [7, 11) is 0. The van der Waals surface area contributed by atoms with E-state index in [2.05, 4.69) is 26.2 Å². The molecule has 0 unspecified atom stereocenters. The molecule has 1 N–H and O–H groups in total. The van der Waals surface area contributed by atoms with Crippen LogP contribution in [0, 0.1) is 12.7 Å². The van der Waals surface area contributed by atoms with Gasteiger partial charge in [0.15, 0.2) is 0 Å². The maximum atomic E-state index is 12.7. The molecule has 2 aromatic rings. The van der Waals surface area contributed by atoms with Crippen LogP contribution in [0.5, 0.6) is 0 Å². The van der Waals surface area contributed by atoms with E-state index in [9.17, 15) is 9.18 Å². The summed E-state index contributed by atoms with van der Waals surface area (Å²) in [5.41, 5.74) is 2.25. The van der Waals surface area contributed by atoms with Gasteiger partial charge in [-0.1, -0.05) is 12.1 Å². The maximum Gasteiger partial charge on any atom is 0.228 e. The number of hydrogen-bond donors (Lipinski definition) is 1. The minimum atomic E-state index is -0.311. The first-order valence-electron chi connectivity index (χ1n) is 5.72. The Hall–Kier alpha value is -1.75. The first-order chi connectivity index (χ1) is 9.04. The number of benzene rings is 1. The van der Waals surface area contributed by atoms with Gasteiger partial charge in [-0.05, 0) is 52.7 Å². The van der Waals surface area contributed by atoms with Crippen molar-refractivity contribution in [3.63, 3.8) is 0 Å². The predicted octanol–water partition coefficient (Wildman–Crippen LogP) is 3.47. The predicted molar refractivity (Wildman–Crippen MR) is 75.4 cm³/mol. The first-order valence-corrected chi connectivity index (χ1v) is 6.51. The van der Waals surface area contributed by atoms with Gasteiger partial charge < -0.3 is 5.32 Å². The Labute approximate surface area is 119 Å². The third kappa shape index (κ3) is 3.86. The van der Waals surface area contributed by atoms with E-state index in [1.807, 2.05) is 13.0 Å². The van der Waals surface area contributed by atoms with E-state index in [0.29, 0.717) is 10.3 Å². The lowest BCUT2D eigenvalue weighted by Crippen LogP contribution is -2.15. The highest BCUT2D eigenvalue weighted by atomic mass is 79.9. The number of carbonyl (C=O) groups is 1. The molecule has 98 valence electrons. The zero-order chi connectivity index (χ0) is 13.8. The number of carbonyl (C=O) groups excluding carboxylic acids is 1. The molecule has 0 aliphatic heterocycles. The molecule has 2 rings (SSSR count). The van der Waals surface area contributed by atoms with Crippen LogP contribution in [0.4, 0.5) is 10.1 Å². The summed E-state index contributed by atoms with van der Waals surface area (Å²) in [6.07, 6.45) is 0.195. The Balaban J connectivity index is 2.03. The summed E-state index contributed by atoms with van der Waals surface area (Å²) in [4.78, 5) is 16.0. The van der Waals surface area contributed by atoms with Crippen LogP contribution in [0.2, 0.25) is 0 Å². The number of pyridine rings is 1. The first kappa shape index (κ1) is 13.7. The molecule has 0 atom stereocenters. The number of nitrogens with zero attached hydrogens (tertiary/aromatic N) is 1. The van der Waals surface area contributed by atoms with Crippen molar-refractivity contribution in [3.05, 3.63) is 58.1 Å². The van der Waals surface area contributed by atoms with E-state index < -0.39 is 0 Å². The second-order valence-electron chi connectivity index (χ2n) is 4.14. The molecule has 1 aromatic heterocycles. The number of hydrogen-bond acceptors (Lipinski definition) is 2. The number of aryl methyl sites for hydroxylation is 1. The highest BCUT2D eigenvalue weighted by molar-refractivity contribution is 9.10. The average Bonchev–Trinajstić information content (AvgIpc) is 2.36. The van der Waals surface area contributed by atoms with E-state index in [4.69, 9.17) is 0 Å². The number of rotatable bonds is 3. The molecule has 1 aromatic carbocycles. The van der Waals surface area contributed by atoms with Crippen molar-refractivity contribution in [1.82, 2.24) is 4.98 Å². The molecule has 5 heteroatoms. The fourth-order valence-corrected chi connectivity index (χ4v) is 2.11. The van der Waals surface area contributed by atoms with E-state index in [1.54, 1.807) is 18.2 Å². The van der Waals surface area contributed by atoms with Gasteiger partial charge in [0.05, 0.1) is 12.1 Å². The summed E-state index contributed by atoms with van der Waals surface area (Å²) in [5, 5.41) is 2.76. The molecule has 1 heterocycles. The quantitative estimate of drug-likeness (QED) is 0.879. The monoisotopic (exact) mass is 322 g/mol. The lowest BCUT2D eigenvalue weighted by Gasteiger charge is -2.07. The molecule has 0 aliphatic rings. The molecule has 0 fully saturated rings. The van der Waals surface area contributed by atoms with Crippen molar-refractivity contribution in [1.29, 1.82) is 0 Å². The molecule has 0 saturated carbocycles. The van der Waals surface area contributed by atoms with E-state index in [1.165, 1.54) is 12.1 Å². The smallest absolute Gasteiger partial charge is 0.228 e. The van der Waals surface area contributed by atoms with E-state index in [-0.39, 0.29) is 18.1 Å². The molecule has 3 nitrogen and oxygen atoms in total. The van der Waals surface area contributed by atoms with Crippen LogP contribution >= 0.6 is 15.9 Å². The van der Waals surface area contributed by atoms with Crippen molar-refractivity contribution in [2.45, 2.75) is 13.3 Å². The van der Waals surface area contributed by atoms with Crippen LogP contribution in [0.15, 0.2) is 41.0 Å². The third-order valence-corrected chi connectivity index (χ3v) is 3.14. The van der Waals surface area contributed by atoms with Gasteiger partial charge in [-0.2, -0.15) is 0 Å². The number of aromatic nitrogens is 1. The molecule has 0 saturated heterocycles. The van der Waals surface area contributed by atoms with Crippen LogP contribution < -0.4 is 5.32 Å². The Bertz CT molecular complexity index is 599. The van der Waals surface area contributed by atoms with Gasteiger partial charge in [0.2, 0.25) is 5.91 Å². The molecular weight excluding hydrogens is 311 g/mol. The number of halogens is 2. The summed E-state index contributed by atoms with van der Waals surface area (Å²) >= 11 is 3.30. The largest absolute Gasteiger partial charge is 0.323 e. The minimum Gasteiger partial charge on any atom is -0.323 e. The lowest BCUT2D eigenvalue weighted by atomic mass is 10.1. The van der Waals surface area contributed by atoms with Crippen molar-refractivity contribution >= 4 is 27.5 Å². The molecular formula is C14H12BrFN2O. The van der Waals surface area contributed by atoms with Crippen molar-refractivity contribution in [2.24, 2.45) is 0 Å². The highest BCUT2D eigenvalue weighted by Gasteiger charge is 2.07. The van der Waals surface area contributed by atoms with Gasteiger partial charge in [0, 0.05) is 5.69 Å². The number of nitrogens with one attached hydrogen (secondary N) is 1. The molecule has 19 heavy (non-hydrogen) atoms. The second-order valence-corrected chi connectivity index (χ2v) is 4.89. The Morgan fingerprint density at radius 3 is 2.58 bits per heavy atom. The zero-order valence-electron chi connectivity index (χ0n) is 10.3. The summed E-state index contributed by atoms with van der Waals surface area (Å²) in [6, 6.07) is 9.47. The fourth-order valence-electron chi connectivity index (χ4n) is 1.60. The fraction of sp³-hybridized carbons (Fsp3) is 0.143. The molecule has 0 radical (unpaired) electrons. The average molecular weight is 323 g/mol. The van der Waals surface area contributed by atoms with Gasteiger partial charge in [0.25, 0.3) is 0 Å². The second kappa shape index (κ2) is 5.93. The van der Waals surface area contributed by atoms with Crippen LogP contribution in [0.1, 0.15) is 11.3 Å². The van der Waals surface area contributed by atoms with E-state index >= 15 is 0 Å². The van der Waals surface area contributed by atoms with Gasteiger partial charge in [-0.3, -0.25) is 4.79 Å². The van der Waals surface area contributed by atoms with Gasteiger partial charge in [-0.15, -0.1) is 0 Å². The van der Waals surface area contributed by atoms with Crippen LogP contribution in [0.3, 0.4) is 0 Å². The Kier molecular flexibility index (Phi) is 4.27. The lowest BCUT2D eigenvalue weighted by molar-refractivity contribution is -0.115. The Morgan fingerprint density at radius 2 is 1.95 bits per heavy atom. The van der Waals surface area contributed by atoms with Crippen molar-refractivity contribution < 1.29 is 9.18 Å². The molecule has 0 aliphatic carbocycles. The standard InChI is InChI=1S/C14H12BrFN2O/c1-9-2-7-12(14(15)17-9)18-13(19)8-10-3-5-11(16)6-4-10/h2-7H,8H2,1H3,(H,18,19).